The number of furan rings is 1. The van der Waals surface area contributed by atoms with Crippen LogP contribution < -0.4 is 4.74 Å². The van der Waals surface area contributed by atoms with Gasteiger partial charge in [-0.15, -0.1) is 0 Å². The molecule has 0 saturated heterocycles. The molecular weight excluding hydrogens is 833 g/mol. The number of hydrogen-bond donors (Lipinski definition) is 0. The van der Waals surface area contributed by atoms with Gasteiger partial charge in [0.25, 0.3) is 0 Å². The standard InChI is InChI=1S/C62H40N4O2/c1-4-19-41(20-5-1)44-35-36-58-50(38-44)51-39-46(62-64-53-30-13-17-34-57(53)66(62)55-32-15-11-28-49(55)43-23-8-3-9-24-43)40-59(60(51)68-58)67-47-26-18-25-45(37-47)61-63-52-29-12-16-33-56(52)65(61)54-31-14-10-27-48(54)42-21-6-2-7-22-42/h1-40H. The largest absolute Gasteiger partial charge is 0.453 e. The van der Waals surface area contributed by atoms with Crippen molar-refractivity contribution in [2.45, 2.75) is 0 Å². The van der Waals surface area contributed by atoms with Crippen molar-refractivity contribution >= 4 is 44.0 Å². The van der Waals surface area contributed by atoms with Gasteiger partial charge in [0.15, 0.2) is 11.3 Å². The van der Waals surface area contributed by atoms with Crippen LogP contribution in [0.4, 0.5) is 0 Å². The van der Waals surface area contributed by atoms with E-state index in [9.17, 15) is 0 Å². The summed E-state index contributed by atoms with van der Waals surface area (Å²) in [4.78, 5) is 10.7. The van der Waals surface area contributed by atoms with Crippen LogP contribution in [-0.4, -0.2) is 19.1 Å². The normalized spacial score (nSPS) is 11.5. The number of imidazole rings is 2. The highest BCUT2D eigenvalue weighted by molar-refractivity contribution is 6.10. The van der Waals surface area contributed by atoms with Crippen molar-refractivity contribution in [1.29, 1.82) is 0 Å². The molecule has 0 bridgehead atoms. The SMILES string of the molecule is c1ccc(-c2ccc3oc4c(Oc5cccc(-c6nc7ccccc7n6-c6ccccc6-c6ccccc6)c5)cc(-c5nc6ccccc6n5-c5ccccc5-c5ccccc5)cc4c3c2)cc1. The number of aromatic nitrogens is 4. The van der Waals surface area contributed by atoms with Crippen LogP contribution in [0.15, 0.2) is 247 Å². The molecule has 0 fully saturated rings. The predicted octanol–water partition coefficient (Wildman–Crippen LogP) is 16.4. The summed E-state index contributed by atoms with van der Waals surface area (Å²) in [5.74, 6) is 2.81. The van der Waals surface area contributed by atoms with Crippen molar-refractivity contribution < 1.29 is 9.15 Å². The molecule has 10 aromatic carbocycles. The summed E-state index contributed by atoms with van der Waals surface area (Å²) in [7, 11) is 0. The Bertz CT molecular complexity index is 4000. The van der Waals surface area contributed by atoms with Crippen LogP contribution in [0.25, 0.3) is 112 Å². The number of nitrogens with zero attached hydrogens (tertiary/aromatic N) is 4. The van der Waals surface area contributed by atoms with Crippen molar-refractivity contribution in [3.8, 4) is 79.0 Å². The highest BCUT2D eigenvalue weighted by atomic mass is 16.5. The van der Waals surface area contributed by atoms with Crippen molar-refractivity contribution in [2.24, 2.45) is 0 Å². The van der Waals surface area contributed by atoms with Gasteiger partial charge in [0.1, 0.15) is 23.0 Å². The van der Waals surface area contributed by atoms with E-state index in [1.807, 2.05) is 36.4 Å². The Morgan fingerprint density at radius 1 is 0.353 bits per heavy atom. The van der Waals surface area contributed by atoms with E-state index in [1.54, 1.807) is 0 Å². The van der Waals surface area contributed by atoms with E-state index in [0.29, 0.717) is 17.1 Å². The van der Waals surface area contributed by atoms with Crippen LogP contribution in [0.2, 0.25) is 0 Å². The van der Waals surface area contributed by atoms with Crippen LogP contribution >= 0.6 is 0 Å². The van der Waals surface area contributed by atoms with Crippen LogP contribution in [-0.2, 0) is 0 Å². The minimum Gasteiger partial charge on any atom is -0.453 e. The van der Waals surface area contributed by atoms with Gasteiger partial charge in [-0.3, -0.25) is 9.13 Å². The summed E-state index contributed by atoms with van der Waals surface area (Å²) in [6.45, 7) is 0. The van der Waals surface area contributed by atoms with E-state index in [-0.39, 0.29) is 0 Å². The van der Waals surface area contributed by atoms with Gasteiger partial charge in [-0.2, -0.15) is 0 Å². The molecule has 0 amide bonds. The van der Waals surface area contributed by atoms with E-state index < -0.39 is 0 Å². The van der Waals surface area contributed by atoms with Gasteiger partial charge >= 0.3 is 0 Å². The zero-order valence-electron chi connectivity index (χ0n) is 36.7. The lowest BCUT2D eigenvalue weighted by atomic mass is 10.0. The predicted molar refractivity (Wildman–Crippen MR) is 277 cm³/mol. The Morgan fingerprint density at radius 3 is 1.47 bits per heavy atom. The van der Waals surface area contributed by atoms with E-state index in [4.69, 9.17) is 19.1 Å². The second-order valence-corrected chi connectivity index (χ2v) is 16.9. The highest BCUT2D eigenvalue weighted by Crippen LogP contribution is 2.44. The molecule has 3 aromatic heterocycles. The summed E-state index contributed by atoms with van der Waals surface area (Å²) < 4.78 is 18.5. The molecule has 3 heterocycles. The fraction of sp³-hybridized carbons (Fsp3) is 0. The third-order valence-electron chi connectivity index (χ3n) is 12.8. The molecule has 6 nitrogen and oxygen atoms in total. The molecule has 0 saturated carbocycles. The minimum atomic E-state index is 0.574. The van der Waals surface area contributed by atoms with Gasteiger partial charge in [0.2, 0.25) is 0 Å². The summed E-state index contributed by atoms with van der Waals surface area (Å²) in [6, 6.07) is 84.0. The first-order valence-electron chi connectivity index (χ1n) is 22.8. The molecule has 0 aliphatic carbocycles. The molecule has 0 aliphatic rings. The molecule has 0 unspecified atom stereocenters. The van der Waals surface area contributed by atoms with Crippen LogP contribution in [0, 0.1) is 0 Å². The van der Waals surface area contributed by atoms with Crippen LogP contribution in [0.3, 0.4) is 0 Å². The third kappa shape index (κ3) is 6.74. The maximum atomic E-state index is 7.12. The van der Waals surface area contributed by atoms with Crippen LogP contribution in [0.5, 0.6) is 11.5 Å². The number of rotatable bonds is 9. The maximum Gasteiger partial charge on any atom is 0.177 e. The summed E-state index contributed by atoms with van der Waals surface area (Å²) >= 11 is 0. The molecule has 68 heavy (non-hydrogen) atoms. The fourth-order valence-electron chi connectivity index (χ4n) is 9.68. The van der Waals surface area contributed by atoms with Crippen molar-refractivity contribution in [3.05, 3.63) is 243 Å². The van der Waals surface area contributed by atoms with E-state index in [0.717, 1.165) is 106 Å². The summed E-state index contributed by atoms with van der Waals surface area (Å²) in [5, 5.41) is 1.91. The number of fused-ring (bicyclic) bond motifs is 5. The van der Waals surface area contributed by atoms with E-state index >= 15 is 0 Å². The quantitative estimate of drug-likeness (QED) is 0.145. The Kier molecular flexibility index (Phi) is 9.39. The van der Waals surface area contributed by atoms with E-state index in [2.05, 4.69) is 215 Å². The number of ether oxygens (including phenoxy) is 1. The average molecular weight is 873 g/mol. The summed E-state index contributed by atoms with van der Waals surface area (Å²) in [6.07, 6.45) is 0. The number of hydrogen-bond acceptors (Lipinski definition) is 4. The zero-order valence-corrected chi connectivity index (χ0v) is 36.7. The third-order valence-corrected chi connectivity index (χ3v) is 12.8. The van der Waals surface area contributed by atoms with Gasteiger partial charge in [0.05, 0.1) is 33.4 Å². The van der Waals surface area contributed by atoms with Gasteiger partial charge in [-0.05, 0) is 95.1 Å². The van der Waals surface area contributed by atoms with Gasteiger partial charge in [-0.25, -0.2) is 9.97 Å². The first-order valence-corrected chi connectivity index (χ1v) is 22.8. The lowest BCUT2D eigenvalue weighted by Crippen LogP contribution is -2.01. The second kappa shape index (κ2) is 16.3. The van der Waals surface area contributed by atoms with E-state index in [1.165, 1.54) is 0 Å². The maximum absolute atomic E-state index is 7.12. The highest BCUT2D eigenvalue weighted by Gasteiger charge is 2.23. The molecule has 6 heteroatoms. The molecule has 0 spiro atoms. The average Bonchev–Trinajstić information content (AvgIpc) is 4.11. The Balaban J connectivity index is 1.01. The number of benzene rings is 10. The van der Waals surface area contributed by atoms with Crippen molar-refractivity contribution in [3.63, 3.8) is 0 Å². The lowest BCUT2D eigenvalue weighted by molar-refractivity contribution is 0.476. The Labute approximate surface area is 392 Å². The first kappa shape index (κ1) is 39.1. The monoisotopic (exact) mass is 872 g/mol. The second-order valence-electron chi connectivity index (χ2n) is 16.9. The zero-order chi connectivity index (χ0) is 45.0. The molecule has 13 aromatic rings. The van der Waals surface area contributed by atoms with Crippen LogP contribution in [0.1, 0.15) is 0 Å². The topological polar surface area (TPSA) is 58.0 Å². The van der Waals surface area contributed by atoms with Gasteiger partial charge in [-0.1, -0.05) is 170 Å². The van der Waals surface area contributed by atoms with Gasteiger partial charge < -0.3 is 9.15 Å². The van der Waals surface area contributed by atoms with Gasteiger partial charge in [0, 0.05) is 33.0 Å². The van der Waals surface area contributed by atoms with Crippen molar-refractivity contribution in [1.82, 2.24) is 19.1 Å². The molecule has 0 atom stereocenters. The molecule has 0 radical (unpaired) electrons. The first-order chi connectivity index (χ1) is 33.7. The smallest absolute Gasteiger partial charge is 0.177 e. The number of para-hydroxylation sites is 6. The van der Waals surface area contributed by atoms with Crippen molar-refractivity contribution in [2.75, 3.05) is 0 Å². The fourth-order valence-corrected chi connectivity index (χ4v) is 9.68. The molecular formula is C62H40N4O2. The Hall–Kier alpha value is -9.26. The Morgan fingerprint density at radius 2 is 0.853 bits per heavy atom. The minimum absolute atomic E-state index is 0.574. The molecule has 0 aliphatic heterocycles. The molecule has 320 valence electrons. The molecule has 0 N–H and O–H groups in total. The lowest BCUT2D eigenvalue weighted by Gasteiger charge is -2.16. The molecule has 13 rings (SSSR count). The summed E-state index contributed by atoms with van der Waals surface area (Å²) in [5.41, 5.74) is 15.8.